The van der Waals surface area contributed by atoms with Crippen molar-refractivity contribution in [1.29, 1.82) is 0 Å². The largest absolute Gasteiger partial charge is 0.343 e. The number of imidazole rings is 1. The molecule has 0 saturated heterocycles. The molecular formula is C21H26N6O3. The number of carbonyl (C=O) groups is 2. The monoisotopic (exact) mass is 410 g/mol. The van der Waals surface area contributed by atoms with Crippen LogP contribution in [0.3, 0.4) is 0 Å². The van der Waals surface area contributed by atoms with E-state index in [0.717, 1.165) is 44.2 Å². The molecule has 0 unspecified atom stereocenters. The van der Waals surface area contributed by atoms with E-state index in [1.54, 1.807) is 12.4 Å². The minimum atomic E-state index is -0.580. The highest BCUT2D eigenvalue weighted by atomic mass is 16.5. The molecule has 3 aromatic rings. The molecular weight excluding hydrogens is 384 g/mol. The van der Waals surface area contributed by atoms with Crippen molar-refractivity contribution >= 4 is 23.3 Å². The van der Waals surface area contributed by atoms with Crippen molar-refractivity contribution in [3.05, 3.63) is 42.3 Å². The van der Waals surface area contributed by atoms with E-state index in [9.17, 15) is 9.59 Å². The highest BCUT2D eigenvalue weighted by Gasteiger charge is 2.38. The number of nitrogens with zero attached hydrogens (tertiary/aromatic N) is 4. The molecule has 1 fully saturated rings. The number of fused-ring (bicyclic) bond motifs is 1. The summed E-state index contributed by atoms with van der Waals surface area (Å²) < 4.78 is 7.23. The molecule has 3 heterocycles. The zero-order valence-electron chi connectivity index (χ0n) is 17.1. The third-order valence-electron chi connectivity index (χ3n) is 5.53. The first-order valence-corrected chi connectivity index (χ1v) is 10.4. The summed E-state index contributed by atoms with van der Waals surface area (Å²) in [5.41, 5.74) is 0.185. The fraction of sp³-hybridized carbons (Fsp3) is 0.476. The van der Waals surface area contributed by atoms with Crippen LogP contribution in [-0.4, -0.2) is 31.3 Å². The number of hydrogen-bond acceptors (Lipinski definition) is 6. The van der Waals surface area contributed by atoms with E-state index < -0.39 is 5.54 Å². The fourth-order valence-electron chi connectivity index (χ4n) is 4.10. The quantitative estimate of drug-likeness (QED) is 0.604. The Bertz CT molecular complexity index is 1030. The van der Waals surface area contributed by atoms with Gasteiger partial charge in [-0.1, -0.05) is 36.9 Å². The molecule has 30 heavy (non-hydrogen) atoms. The minimum Gasteiger partial charge on any atom is -0.343 e. The van der Waals surface area contributed by atoms with Gasteiger partial charge in [0.15, 0.2) is 5.82 Å². The standard InChI is InChI=1S/C21H26N6O3/c1-15(28)25-21(11-4-2-3-5-12-21)20-24-19(30-26-20)10-9-18(29)23-17-8-6-7-16-22-13-14-27(16)17/h6-8,13-14H,2-5,9-12H2,1H3,(H,23,29)(H,25,28). The van der Waals surface area contributed by atoms with E-state index in [-0.39, 0.29) is 18.2 Å². The van der Waals surface area contributed by atoms with Gasteiger partial charge in [-0.15, -0.1) is 0 Å². The van der Waals surface area contributed by atoms with E-state index in [2.05, 4.69) is 25.8 Å². The molecule has 0 radical (unpaired) electrons. The highest BCUT2D eigenvalue weighted by Crippen LogP contribution is 2.34. The third-order valence-corrected chi connectivity index (χ3v) is 5.53. The smallest absolute Gasteiger partial charge is 0.227 e. The fourth-order valence-corrected chi connectivity index (χ4v) is 4.10. The summed E-state index contributed by atoms with van der Waals surface area (Å²) in [5.74, 6) is 1.32. The molecule has 0 aliphatic heterocycles. The lowest BCUT2D eigenvalue weighted by Crippen LogP contribution is -2.45. The number of rotatable bonds is 6. The van der Waals surface area contributed by atoms with Gasteiger partial charge in [0.2, 0.25) is 17.7 Å². The van der Waals surface area contributed by atoms with Crippen LogP contribution < -0.4 is 10.6 Å². The summed E-state index contributed by atoms with van der Waals surface area (Å²) in [5, 5.41) is 10.1. The number of pyridine rings is 1. The maximum atomic E-state index is 12.4. The molecule has 0 spiro atoms. The normalized spacial score (nSPS) is 16.2. The van der Waals surface area contributed by atoms with Gasteiger partial charge in [-0.05, 0) is 25.0 Å². The maximum absolute atomic E-state index is 12.4. The summed E-state index contributed by atoms with van der Waals surface area (Å²) in [4.78, 5) is 33.0. The lowest BCUT2D eigenvalue weighted by atomic mass is 9.89. The molecule has 0 aromatic carbocycles. The number of anilines is 1. The number of aromatic nitrogens is 4. The Morgan fingerprint density at radius 3 is 2.77 bits per heavy atom. The van der Waals surface area contributed by atoms with Crippen LogP contribution in [0, 0.1) is 0 Å². The molecule has 9 nitrogen and oxygen atoms in total. The van der Waals surface area contributed by atoms with Crippen LogP contribution in [-0.2, 0) is 21.5 Å². The van der Waals surface area contributed by atoms with Crippen LogP contribution in [0.15, 0.2) is 35.1 Å². The Morgan fingerprint density at radius 1 is 1.20 bits per heavy atom. The second-order valence-corrected chi connectivity index (χ2v) is 7.80. The summed E-state index contributed by atoms with van der Waals surface area (Å²) in [7, 11) is 0. The Balaban J connectivity index is 1.41. The van der Waals surface area contributed by atoms with E-state index in [1.807, 2.05) is 22.6 Å². The van der Waals surface area contributed by atoms with E-state index in [1.165, 1.54) is 6.92 Å². The van der Waals surface area contributed by atoms with Crippen molar-refractivity contribution in [2.75, 3.05) is 5.32 Å². The number of nitrogens with one attached hydrogen (secondary N) is 2. The maximum Gasteiger partial charge on any atom is 0.227 e. The second-order valence-electron chi connectivity index (χ2n) is 7.80. The number of hydrogen-bond donors (Lipinski definition) is 2. The van der Waals surface area contributed by atoms with E-state index in [0.29, 0.717) is 24.0 Å². The number of amides is 2. The summed E-state index contributed by atoms with van der Waals surface area (Å²) in [6.07, 6.45) is 9.88. The van der Waals surface area contributed by atoms with Gasteiger partial charge in [0, 0.05) is 32.2 Å². The zero-order chi connectivity index (χ0) is 21.0. The van der Waals surface area contributed by atoms with Crippen LogP contribution >= 0.6 is 0 Å². The first-order chi connectivity index (χ1) is 14.6. The van der Waals surface area contributed by atoms with Crippen LogP contribution in [0.1, 0.15) is 63.6 Å². The van der Waals surface area contributed by atoms with Crippen molar-refractivity contribution in [1.82, 2.24) is 24.8 Å². The van der Waals surface area contributed by atoms with Crippen LogP contribution in [0.4, 0.5) is 5.82 Å². The van der Waals surface area contributed by atoms with Crippen LogP contribution in [0.25, 0.3) is 5.65 Å². The molecule has 1 aliphatic carbocycles. The van der Waals surface area contributed by atoms with Crippen molar-refractivity contribution in [3.63, 3.8) is 0 Å². The highest BCUT2D eigenvalue weighted by molar-refractivity contribution is 5.90. The van der Waals surface area contributed by atoms with Gasteiger partial charge < -0.3 is 15.2 Å². The van der Waals surface area contributed by atoms with Crippen molar-refractivity contribution < 1.29 is 14.1 Å². The van der Waals surface area contributed by atoms with Crippen LogP contribution in [0.2, 0.25) is 0 Å². The van der Waals surface area contributed by atoms with Gasteiger partial charge >= 0.3 is 0 Å². The molecule has 2 amide bonds. The van der Waals surface area contributed by atoms with Gasteiger partial charge in [0.1, 0.15) is 17.0 Å². The topological polar surface area (TPSA) is 114 Å². The Labute approximate surface area is 174 Å². The van der Waals surface area contributed by atoms with Gasteiger partial charge in [0.25, 0.3) is 0 Å². The molecule has 1 aliphatic rings. The Kier molecular flexibility index (Phi) is 5.78. The lowest BCUT2D eigenvalue weighted by Gasteiger charge is -2.30. The molecule has 1 saturated carbocycles. The average Bonchev–Trinajstić information content (AvgIpc) is 3.33. The molecule has 2 N–H and O–H groups in total. The molecule has 9 heteroatoms. The second kappa shape index (κ2) is 8.64. The average molecular weight is 410 g/mol. The summed E-state index contributed by atoms with van der Waals surface area (Å²) >= 11 is 0. The minimum absolute atomic E-state index is 0.101. The summed E-state index contributed by atoms with van der Waals surface area (Å²) in [6.45, 7) is 1.51. The molecule has 3 aromatic heterocycles. The SMILES string of the molecule is CC(=O)NC1(c2noc(CCC(=O)Nc3cccc4nccn34)n2)CCCCCC1. The predicted octanol–water partition coefficient (Wildman–Crippen LogP) is 2.97. The first kappa shape index (κ1) is 20.1. The van der Waals surface area contributed by atoms with Crippen molar-refractivity contribution in [3.8, 4) is 0 Å². The lowest BCUT2D eigenvalue weighted by molar-refractivity contribution is -0.121. The van der Waals surface area contributed by atoms with Gasteiger partial charge in [-0.3, -0.25) is 14.0 Å². The van der Waals surface area contributed by atoms with Gasteiger partial charge in [-0.25, -0.2) is 4.98 Å². The van der Waals surface area contributed by atoms with Crippen LogP contribution in [0.5, 0.6) is 0 Å². The first-order valence-electron chi connectivity index (χ1n) is 10.4. The molecule has 158 valence electrons. The Morgan fingerprint density at radius 2 is 2.00 bits per heavy atom. The number of aryl methyl sites for hydroxylation is 1. The van der Waals surface area contributed by atoms with Crippen molar-refractivity contribution in [2.24, 2.45) is 0 Å². The summed E-state index contributed by atoms with van der Waals surface area (Å²) in [6, 6.07) is 5.53. The van der Waals surface area contributed by atoms with Gasteiger partial charge in [-0.2, -0.15) is 4.98 Å². The molecule has 0 atom stereocenters. The third kappa shape index (κ3) is 4.34. The van der Waals surface area contributed by atoms with E-state index in [4.69, 9.17) is 4.52 Å². The number of carbonyl (C=O) groups excluding carboxylic acids is 2. The van der Waals surface area contributed by atoms with E-state index >= 15 is 0 Å². The Hall–Kier alpha value is -3.23. The molecule has 0 bridgehead atoms. The predicted molar refractivity (Wildman–Crippen MR) is 110 cm³/mol. The van der Waals surface area contributed by atoms with Gasteiger partial charge in [0.05, 0.1) is 0 Å². The van der Waals surface area contributed by atoms with Crippen molar-refractivity contribution in [2.45, 2.75) is 63.8 Å². The zero-order valence-corrected chi connectivity index (χ0v) is 17.1. The molecule has 4 rings (SSSR count).